The van der Waals surface area contributed by atoms with Crippen LogP contribution in [0.15, 0.2) is 70.5 Å². The molecule has 0 bridgehead atoms. The first-order chi connectivity index (χ1) is 15.8. The molecule has 3 saturated heterocycles. The Morgan fingerprint density at radius 1 is 0.375 bits per heavy atom. The zero-order valence-electron chi connectivity index (χ0n) is 19.5. The van der Waals surface area contributed by atoms with Gasteiger partial charge in [-0.05, 0) is 82.1 Å². The fraction of sp³-hybridized carbons (Fsp3) is 0.556. The maximum absolute atomic E-state index is 5.07. The van der Waals surface area contributed by atoms with Gasteiger partial charge in [0.15, 0.2) is 0 Å². The summed E-state index contributed by atoms with van der Waals surface area (Å²) in [6.07, 6.45) is 11.8. The summed E-state index contributed by atoms with van der Waals surface area (Å²) in [5.41, 5.74) is 0. The highest BCUT2D eigenvalue weighted by atomic mass is 32.1. The number of rotatable bonds is 0. The molecule has 3 heterocycles. The van der Waals surface area contributed by atoms with Crippen molar-refractivity contribution in [1.29, 1.82) is 0 Å². The zero-order chi connectivity index (χ0) is 23.0. The molecule has 0 unspecified atom stereocenters. The first-order valence-electron chi connectivity index (χ1n) is 12.0. The molecule has 0 saturated carbocycles. The summed E-state index contributed by atoms with van der Waals surface area (Å²) >= 11 is 8.17. The maximum Gasteiger partial charge on any atom is 0.0466 e. The van der Waals surface area contributed by atoms with E-state index in [1.54, 1.807) is 0 Å². The van der Waals surface area contributed by atoms with Gasteiger partial charge in [-0.2, -0.15) is 0 Å². The summed E-state index contributed by atoms with van der Waals surface area (Å²) in [6.45, 7) is 6.00. The lowest BCUT2D eigenvalue weighted by atomic mass is 10.2. The van der Waals surface area contributed by atoms with Crippen LogP contribution >= 0.6 is 25.3 Å². The second kappa shape index (κ2) is 23.2. The van der Waals surface area contributed by atoms with Crippen LogP contribution in [0.5, 0.6) is 0 Å². The van der Waals surface area contributed by atoms with Gasteiger partial charge in [-0.15, -0.1) is 25.3 Å². The summed E-state index contributed by atoms with van der Waals surface area (Å²) in [7, 11) is 0. The van der Waals surface area contributed by atoms with Crippen LogP contribution in [0.3, 0.4) is 0 Å². The fourth-order valence-electron chi connectivity index (χ4n) is 2.92. The summed E-state index contributed by atoms with van der Waals surface area (Å²) in [5.74, 6) is 0. The standard InChI is InChI=1S/2C6H6S.3C5H10O/c2*7-6-4-2-1-3-5-6;3*1-2-4-6-5-3-1/h2*1-5,7H;3*1-5H2. The van der Waals surface area contributed by atoms with Gasteiger partial charge in [-0.1, -0.05) is 36.4 Å². The fourth-order valence-corrected chi connectivity index (χ4v) is 3.26. The summed E-state index contributed by atoms with van der Waals surface area (Å²) in [5, 5.41) is 0. The molecule has 0 amide bonds. The van der Waals surface area contributed by atoms with E-state index in [9.17, 15) is 0 Å². The second-order valence-corrected chi connectivity index (χ2v) is 8.72. The topological polar surface area (TPSA) is 27.7 Å². The van der Waals surface area contributed by atoms with Crippen molar-refractivity contribution >= 4 is 25.3 Å². The van der Waals surface area contributed by atoms with E-state index in [0.29, 0.717) is 0 Å². The SMILES string of the molecule is C1CCOCC1.C1CCOCC1.C1CCOCC1.Sc1ccccc1.Sc1ccccc1. The lowest BCUT2D eigenvalue weighted by molar-refractivity contribution is 0.0967. The van der Waals surface area contributed by atoms with E-state index in [-0.39, 0.29) is 0 Å². The highest BCUT2D eigenvalue weighted by Crippen LogP contribution is 2.04. The van der Waals surface area contributed by atoms with Gasteiger partial charge >= 0.3 is 0 Å². The van der Waals surface area contributed by atoms with Gasteiger partial charge in [0.2, 0.25) is 0 Å². The smallest absolute Gasteiger partial charge is 0.0466 e. The van der Waals surface area contributed by atoms with Crippen molar-refractivity contribution in [2.75, 3.05) is 39.6 Å². The second-order valence-electron chi connectivity index (χ2n) is 7.69. The van der Waals surface area contributed by atoms with Crippen molar-refractivity contribution in [3.63, 3.8) is 0 Å². The minimum Gasteiger partial charge on any atom is -0.381 e. The van der Waals surface area contributed by atoms with Crippen LogP contribution in [-0.2, 0) is 14.2 Å². The quantitative estimate of drug-likeness (QED) is 0.384. The van der Waals surface area contributed by atoms with Gasteiger partial charge in [0.1, 0.15) is 0 Å². The van der Waals surface area contributed by atoms with E-state index in [1.807, 2.05) is 60.7 Å². The molecule has 180 valence electrons. The molecule has 0 aromatic heterocycles. The molecule has 3 aliphatic heterocycles. The average molecular weight is 479 g/mol. The lowest BCUT2D eigenvalue weighted by Crippen LogP contribution is -2.03. The number of benzene rings is 2. The molecule has 0 spiro atoms. The van der Waals surface area contributed by atoms with Crippen molar-refractivity contribution in [2.45, 2.75) is 67.6 Å². The Bertz CT molecular complexity index is 498. The Hall–Kier alpha value is -0.980. The molecule has 2 aromatic carbocycles. The van der Waals surface area contributed by atoms with Gasteiger partial charge in [-0.25, -0.2) is 0 Å². The third-order valence-electron chi connectivity index (χ3n) is 4.74. The van der Waals surface area contributed by atoms with E-state index in [4.69, 9.17) is 14.2 Å². The third-order valence-corrected chi connectivity index (χ3v) is 5.34. The van der Waals surface area contributed by atoms with E-state index < -0.39 is 0 Å². The highest BCUT2D eigenvalue weighted by Gasteiger charge is 1.96. The molecule has 0 radical (unpaired) electrons. The van der Waals surface area contributed by atoms with Gasteiger partial charge in [0.05, 0.1) is 0 Å². The van der Waals surface area contributed by atoms with Crippen LogP contribution in [0, 0.1) is 0 Å². The molecule has 32 heavy (non-hydrogen) atoms. The van der Waals surface area contributed by atoms with Crippen molar-refractivity contribution in [1.82, 2.24) is 0 Å². The van der Waals surface area contributed by atoms with Crippen LogP contribution < -0.4 is 0 Å². The van der Waals surface area contributed by atoms with Crippen molar-refractivity contribution < 1.29 is 14.2 Å². The number of hydrogen-bond acceptors (Lipinski definition) is 5. The van der Waals surface area contributed by atoms with Crippen LogP contribution in [0.4, 0.5) is 0 Å². The Balaban J connectivity index is 0.000000200. The Labute approximate surface area is 207 Å². The van der Waals surface area contributed by atoms with Crippen LogP contribution in [0.25, 0.3) is 0 Å². The Morgan fingerprint density at radius 3 is 0.719 bits per heavy atom. The normalized spacial score (nSPS) is 17.3. The van der Waals surface area contributed by atoms with Gasteiger partial charge < -0.3 is 14.2 Å². The van der Waals surface area contributed by atoms with Crippen molar-refractivity contribution in [2.24, 2.45) is 0 Å². The monoisotopic (exact) mass is 478 g/mol. The summed E-state index contributed by atoms with van der Waals surface area (Å²) < 4.78 is 15.2. The maximum atomic E-state index is 5.07. The minimum absolute atomic E-state index is 1.00. The van der Waals surface area contributed by atoms with Crippen molar-refractivity contribution in [3.8, 4) is 0 Å². The van der Waals surface area contributed by atoms with Crippen LogP contribution in [-0.4, -0.2) is 39.6 Å². The average Bonchev–Trinajstić information content (AvgIpc) is 2.90. The van der Waals surface area contributed by atoms with Crippen molar-refractivity contribution in [3.05, 3.63) is 60.7 Å². The largest absolute Gasteiger partial charge is 0.381 e. The molecule has 2 aromatic rings. The molecular formula is C27H42O3S2. The minimum atomic E-state index is 1.00. The zero-order valence-corrected chi connectivity index (χ0v) is 21.3. The van der Waals surface area contributed by atoms with E-state index in [2.05, 4.69) is 25.3 Å². The van der Waals surface area contributed by atoms with Gasteiger partial charge in [0.25, 0.3) is 0 Å². The molecular weight excluding hydrogens is 436 g/mol. The van der Waals surface area contributed by atoms with Gasteiger partial charge in [-0.3, -0.25) is 0 Å². The van der Waals surface area contributed by atoms with Crippen LogP contribution in [0.2, 0.25) is 0 Å². The molecule has 0 N–H and O–H groups in total. The summed E-state index contributed by atoms with van der Waals surface area (Å²) in [6, 6.07) is 19.6. The molecule has 0 aliphatic carbocycles. The van der Waals surface area contributed by atoms with Crippen LogP contribution in [0.1, 0.15) is 57.8 Å². The molecule has 5 heteroatoms. The Morgan fingerprint density at radius 2 is 0.625 bits per heavy atom. The molecule has 3 nitrogen and oxygen atoms in total. The molecule has 3 aliphatic rings. The first-order valence-corrected chi connectivity index (χ1v) is 12.9. The Kier molecular flexibility index (Phi) is 21.1. The van der Waals surface area contributed by atoms with E-state index >= 15 is 0 Å². The number of thiol groups is 2. The van der Waals surface area contributed by atoms with Gasteiger partial charge in [0, 0.05) is 49.4 Å². The predicted molar refractivity (Wildman–Crippen MR) is 141 cm³/mol. The first kappa shape index (κ1) is 29.1. The predicted octanol–water partition coefficient (Wildman–Crippen LogP) is 7.51. The molecule has 5 rings (SSSR count). The lowest BCUT2D eigenvalue weighted by Gasteiger charge is -2.08. The van der Waals surface area contributed by atoms with E-state index in [1.165, 1.54) is 57.8 Å². The highest BCUT2D eigenvalue weighted by molar-refractivity contribution is 7.80. The number of hydrogen-bond donors (Lipinski definition) is 2. The third kappa shape index (κ3) is 20.9. The number of ether oxygens (including phenoxy) is 3. The summed E-state index contributed by atoms with van der Waals surface area (Å²) in [4.78, 5) is 2.03. The molecule has 0 atom stereocenters. The molecule has 3 fully saturated rings. The van der Waals surface area contributed by atoms with E-state index in [0.717, 1.165) is 49.4 Å².